The maximum atomic E-state index is 13.1. The quantitative estimate of drug-likeness (QED) is 0.909. The van der Waals surface area contributed by atoms with Crippen molar-refractivity contribution in [2.45, 2.75) is 31.3 Å². The molecule has 1 amide bonds. The predicted octanol–water partition coefficient (Wildman–Crippen LogP) is 3.01. The average Bonchev–Trinajstić information content (AvgIpc) is 2.58. The van der Waals surface area contributed by atoms with Gasteiger partial charge in [0.15, 0.2) is 0 Å². The maximum absolute atomic E-state index is 13.1. The van der Waals surface area contributed by atoms with Gasteiger partial charge in [0.05, 0.1) is 12.0 Å². The van der Waals surface area contributed by atoms with Crippen LogP contribution in [-0.4, -0.2) is 39.6 Å². The topological polar surface area (TPSA) is 53.4 Å². The van der Waals surface area contributed by atoms with E-state index >= 15 is 0 Å². The smallest absolute Gasteiger partial charge is 0.227 e. The van der Waals surface area contributed by atoms with Crippen LogP contribution in [0.5, 0.6) is 0 Å². The largest absolute Gasteiger partial charge is 0.389 e. The van der Waals surface area contributed by atoms with E-state index in [1.54, 1.807) is 23.4 Å². The lowest BCUT2D eigenvalue weighted by molar-refractivity contribution is -0.134. The predicted molar refractivity (Wildman–Crippen MR) is 93.8 cm³/mol. The van der Waals surface area contributed by atoms with Crippen molar-refractivity contribution in [2.75, 3.05) is 13.1 Å². The van der Waals surface area contributed by atoms with Crippen LogP contribution in [0.3, 0.4) is 0 Å². The fourth-order valence-electron chi connectivity index (χ4n) is 3.17. The molecular formula is C19H20ClFN2O2. The van der Waals surface area contributed by atoms with Crippen LogP contribution < -0.4 is 0 Å². The number of pyridine rings is 1. The van der Waals surface area contributed by atoms with Crippen LogP contribution >= 0.6 is 11.6 Å². The first-order valence-electron chi connectivity index (χ1n) is 8.28. The lowest BCUT2D eigenvalue weighted by Crippen LogP contribution is -2.48. The number of amides is 1. The number of aromatic nitrogens is 1. The van der Waals surface area contributed by atoms with Crippen molar-refractivity contribution in [3.05, 3.63) is 64.7 Å². The number of rotatable bonds is 4. The fraction of sp³-hybridized carbons (Fsp3) is 0.368. The molecule has 6 heteroatoms. The Morgan fingerprint density at radius 2 is 1.92 bits per heavy atom. The van der Waals surface area contributed by atoms with Gasteiger partial charge < -0.3 is 10.0 Å². The molecule has 1 N–H and O–H groups in total. The van der Waals surface area contributed by atoms with Crippen molar-refractivity contribution in [3.8, 4) is 0 Å². The fourth-order valence-corrected chi connectivity index (χ4v) is 3.40. The molecule has 4 nitrogen and oxygen atoms in total. The molecular weight excluding hydrogens is 343 g/mol. The second kappa shape index (κ2) is 7.50. The molecule has 0 aliphatic carbocycles. The number of benzene rings is 1. The lowest BCUT2D eigenvalue weighted by Gasteiger charge is -2.38. The Labute approximate surface area is 151 Å². The van der Waals surface area contributed by atoms with Gasteiger partial charge in [0.25, 0.3) is 0 Å². The SMILES string of the molecule is O=C(Cc1ccc(F)cc1Cl)N1CCC(O)(Cc2ccncc2)CC1. The first kappa shape index (κ1) is 17.8. The van der Waals surface area contributed by atoms with Crippen molar-refractivity contribution in [2.24, 2.45) is 0 Å². The molecule has 1 saturated heterocycles. The molecule has 0 saturated carbocycles. The molecule has 1 aromatic heterocycles. The van der Waals surface area contributed by atoms with Crippen LogP contribution in [0.25, 0.3) is 0 Å². The Hall–Kier alpha value is -1.98. The van der Waals surface area contributed by atoms with Gasteiger partial charge in [0.2, 0.25) is 5.91 Å². The highest BCUT2D eigenvalue weighted by atomic mass is 35.5. The molecule has 1 aliphatic rings. The molecule has 1 aromatic carbocycles. The number of halogens is 2. The number of hydrogen-bond donors (Lipinski definition) is 1. The minimum atomic E-state index is -0.800. The molecule has 0 atom stereocenters. The molecule has 0 radical (unpaired) electrons. The van der Waals surface area contributed by atoms with Crippen LogP contribution in [0.1, 0.15) is 24.0 Å². The summed E-state index contributed by atoms with van der Waals surface area (Å²) in [6, 6.07) is 7.85. The summed E-state index contributed by atoms with van der Waals surface area (Å²) < 4.78 is 13.1. The Morgan fingerprint density at radius 3 is 2.56 bits per heavy atom. The molecule has 2 aromatic rings. The van der Waals surface area contributed by atoms with Gasteiger partial charge in [-0.3, -0.25) is 9.78 Å². The Kier molecular flexibility index (Phi) is 5.35. The van der Waals surface area contributed by atoms with Crippen molar-refractivity contribution in [1.82, 2.24) is 9.88 Å². The highest BCUT2D eigenvalue weighted by molar-refractivity contribution is 6.31. The average molecular weight is 363 g/mol. The summed E-state index contributed by atoms with van der Waals surface area (Å²) in [6.07, 6.45) is 5.17. The van der Waals surface area contributed by atoms with Crippen LogP contribution in [-0.2, 0) is 17.6 Å². The van der Waals surface area contributed by atoms with Gasteiger partial charge >= 0.3 is 0 Å². The van der Waals surface area contributed by atoms with Crippen LogP contribution in [0.4, 0.5) is 4.39 Å². The molecule has 1 aliphatic heterocycles. The van der Waals surface area contributed by atoms with Gasteiger partial charge in [-0.1, -0.05) is 17.7 Å². The molecule has 0 spiro atoms. The molecule has 25 heavy (non-hydrogen) atoms. The summed E-state index contributed by atoms with van der Waals surface area (Å²) in [5.74, 6) is -0.472. The second-order valence-corrected chi connectivity index (χ2v) is 6.96. The van der Waals surface area contributed by atoms with Gasteiger partial charge in [0.1, 0.15) is 5.82 Å². The zero-order valence-electron chi connectivity index (χ0n) is 13.8. The number of nitrogens with zero attached hydrogens (tertiary/aromatic N) is 2. The van der Waals surface area contributed by atoms with Gasteiger partial charge in [0, 0.05) is 36.9 Å². The van der Waals surface area contributed by atoms with Gasteiger partial charge in [-0.2, -0.15) is 0 Å². The summed E-state index contributed by atoms with van der Waals surface area (Å²) in [4.78, 5) is 18.2. The van der Waals surface area contributed by atoms with E-state index in [-0.39, 0.29) is 17.4 Å². The monoisotopic (exact) mass is 362 g/mol. The third-order valence-electron chi connectivity index (χ3n) is 4.69. The first-order chi connectivity index (χ1) is 12.0. The number of likely N-dealkylation sites (tertiary alicyclic amines) is 1. The zero-order chi connectivity index (χ0) is 17.9. The van der Waals surface area contributed by atoms with E-state index in [1.165, 1.54) is 12.1 Å². The summed E-state index contributed by atoms with van der Waals surface area (Å²) >= 11 is 5.99. The van der Waals surface area contributed by atoms with Gasteiger partial charge in [-0.05, 0) is 48.2 Å². The van der Waals surface area contributed by atoms with E-state index in [2.05, 4.69) is 4.98 Å². The van der Waals surface area contributed by atoms with Gasteiger partial charge in [-0.15, -0.1) is 0 Å². The summed E-state index contributed by atoms with van der Waals surface area (Å²) in [6.45, 7) is 0.998. The van der Waals surface area contributed by atoms with Crippen molar-refractivity contribution < 1.29 is 14.3 Å². The molecule has 0 bridgehead atoms. The van der Waals surface area contributed by atoms with E-state index in [4.69, 9.17) is 11.6 Å². The molecule has 132 valence electrons. The maximum Gasteiger partial charge on any atom is 0.227 e. The zero-order valence-corrected chi connectivity index (χ0v) is 14.5. The summed E-state index contributed by atoms with van der Waals surface area (Å²) in [5.41, 5.74) is 0.854. The standard InChI is InChI=1S/C19H20ClFN2O2/c20-17-12-16(21)2-1-15(17)11-18(24)23-9-5-19(25,6-10-23)13-14-3-7-22-8-4-14/h1-4,7-8,12,25H,5-6,9-11,13H2. The van der Waals surface area contributed by atoms with E-state index in [0.29, 0.717) is 37.9 Å². The molecule has 1 fully saturated rings. The van der Waals surface area contributed by atoms with E-state index in [0.717, 1.165) is 5.56 Å². The molecule has 3 rings (SSSR count). The Bertz CT molecular complexity index is 746. The normalized spacial score (nSPS) is 16.7. The van der Waals surface area contributed by atoms with Crippen molar-refractivity contribution in [1.29, 1.82) is 0 Å². The summed E-state index contributed by atoms with van der Waals surface area (Å²) in [7, 11) is 0. The third kappa shape index (κ3) is 4.55. The summed E-state index contributed by atoms with van der Waals surface area (Å²) in [5, 5.41) is 11.0. The van der Waals surface area contributed by atoms with Crippen LogP contribution in [0, 0.1) is 5.82 Å². The van der Waals surface area contributed by atoms with E-state index in [1.807, 2.05) is 12.1 Å². The molecule has 0 unspecified atom stereocenters. The Morgan fingerprint density at radius 1 is 1.24 bits per heavy atom. The number of aliphatic hydroxyl groups is 1. The van der Waals surface area contributed by atoms with Gasteiger partial charge in [-0.25, -0.2) is 4.39 Å². The lowest BCUT2D eigenvalue weighted by atomic mass is 9.85. The van der Waals surface area contributed by atoms with Crippen molar-refractivity contribution in [3.63, 3.8) is 0 Å². The third-order valence-corrected chi connectivity index (χ3v) is 5.04. The number of piperidine rings is 1. The van der Waals surface area contributed by atoms with E-state index in [9.17, 15) is 14.3 Å². The number of carbonyl (C=O) groups excluding carboxylic acids is 1. The molecule has 2 heterocycles. The second-order valence-electron chi connectivity index (χ2n) is 6.55. The van der Waals surface area contributed by atoms with Crippen LogP contribution in [0.15, 0.2) is 42.7 Å². The minimum absolute atomic E-state index is 0.0560. The van der Waals surface area contributed by atoms with Crippen molar-refractivity contribution >= 4 is 17.5 Å². The number of carbonyl (C=O) groups is 1. The first-order valence-corrected chi connectivity index (χ1v) is 8.66. The Balaban J connectivity index is 1.57. The van der Waals surface area contributed by atoms with E-state index < -0.39 is 11.4 Å². The number of hydrogen-bond acceptors (Lipinski definition) is 3. The highest BCUT2D eigenvalue weighted by Crippen LogP contribution is 2.27. The minimum Gasteiger partial charge on any atom is -0.389 e. The van der Waals surface area contributed by atoms with Crippen LogP contribution in [0.2, 0.25) is 5.02 Å². The highest BCUT2D eigenvalue weighted by Gasteiger charge is 2.34.